The van der Waals surface area contributed by atoms with Gasteiger partial charge in [-0.2, -0.15) is 0 Å². The number of nitrogens with one attached hydrogen (secondary N) is 2. The number of likely N-dealkylation sites (N-methyl/N-ethyl adjacent to an activating group) is 1. The van der Waals surface area contributed by atoms with E-state index in [2.05, 4.69) is 32.3 Å². The molecule has 38 heavy (non-hydrogen) atoms. The molecule has 9 nitrogen and oxygen atoms in total. The molecular weight excluding hydrogens is 480 g/mol. The Hall–Kier alpha value is -3.46. The average molecular weight is 519 g/mol. The fraction of sp³-hybridized carbons (Fsp3) is 0.517. The monoisotopic (exact) mass is 518 g/mol. The van der Waals surface area contributed by atoms with E-state index in [1.54, 1.807) is 25.3 Å². The summed E-state index contributed by atoms with van der Waals surface area (Å²) >= 11 is 0. The fourth-order valence-electron chi connectivity index (χ4n) is 6.44. The van der Waals surface area contributed by atoms with Crippen LogP contribution in [0.15, 0.2) is 30.5 Å². The molecule has 3 aliphatic heterocycles. The minimum Gasteiger partial charge on any atom is -0.366 e. The number of amides is 3. The number of carbonyl (C=O) groups excluding carboxylic acids is 3. The van der Waals surface area contributed by atoms with Crippen LogP contribution < -0.4 is 21.3 Å². The Labute approximate surface area is 224 Å². The number of nitrogens with two attached hydrogens (primary N) is 1. The van der Waals surface area contributed by atoms with Crippen LogP contribution in [0.5, 0.6) is 0 Å². The lowest BCUT2D eigenvalue weighted by molar-refractivity contribution is 0.0921. The third-order valence-corrected chi connectivity index (χ3v) is 8.48. The molecule has 3 amide bonds. The second kappa shape index (κ2) is 10.7. The summed E-state index contributed by atoms with van der Waals surface area (Å²) < 4.78 is 0. The number of hydrogen-bond donors (Lipinski definition) is 3. The van der Waals surface area contributed by atoms with Gasteiger partial charge in [-0.25, -0.2) is 4.98 Å². The first kappa shape index (κ1) is 26.2. The van der Waals surface area contributed by atoms with Crippen LogP contribution in [0.3, 0.4) is 0 Å². The molecule has 3 fully saturated rings. The highest BCUT2D eigenvalue weighted by atomic mass is 16.2. The SMILES string of the molecule is CCN1CC[C@H](NC(=O)c2ccc(N3[C@@H]4CC[C@H]3C[C@@H](NC(=O)c3cc(C)c(C(N)=O)cc3C)C4)nc2)C1. The molecule has 5 rings (SSSR count). The molecule has 0 saturated carbocycles. The van der Waals surface area contributed by atoms with Crippen molar-refractivity contribution >= 4 is 23.5 Å². The molecule has 3 saturated heterocycles. The molecule has 3 aliphatic rings. The van der Waals surface area contributed by atoms with Gasteiger partial charge in [-0.1, -0.05) is 6.92 Å². The molecule has 0 spiro atoms. The average Bonchev–Trinajstić information content (AvgIpc) is 3.46. The van der Waals surface area contributed by atoms with Crippen molar-refractivity contribution < 1.29 is 14.4 Å². The Balaban J connectivity index is 1.20. The summed E-state index contributed by atoms with van der Waals surface area (Å²) in [5, 5.41) is 6.38. The van der Waals surface area contributed by atoms with E-state index in [4.69, 9.17) is 5.73 Å². The summed E-state index contributed by atoms with van der Waals surface area (Å²) in [6.45, 7) is 8.71. The number of benzene rings is 1. The van der Waals surface area contributed by atoms with E-state index in [1.807, 2.05) is 19.1 Å². The third-order valence-electron chi connectivity index (χ3n) is 8.48. The van der Waals surface area contributed by atoms with Crippen molar-refractivity contribution in [3.63, 3.8) is 0 Å². The summed E-state index contributed by atoms with van der Waals surface area (Å²) in [6.07, 6.45) is 6.48. The highest BCUT2D eigenvalue weighted by Gasteiger charge is 2.42. The molecule has 9 heteroatoms. The van der Waals surface area contributed by atoms with Crippen molar-refractivity contribution in [2.24, 2.45) is 5.73 Å². The van der Waals surface area contributed by atoms with Crippen molar-refractivity contribution in [3.05, 3.63) is 58.3 Å². The minimum atomic E-state index is -0.485. The molecule has 2 aromatic rings. The maximum Gasteiger partial charge on any atom is 0.253 e. The third kappa shape index (κ3) is 5.25. The summed E-state index contributed by atoms with van der Waals surface area (Å²) in [5.41, 5.74) is 8.52. The predicted molar refractivity (Wildman–Crippen MR) is 146 cm³/mol. The van der Waals surface area contributed by atoms with Crippen LogP contribution in [0.1, 0.15) is 81.2 Å². The zero-order valence-electron chi connectivity index (χ0n) is 22.5. The molecule has 4 N–H and O–H groups in total. The first-order chi connectivity index (χ1) is 18.2. The normalized spacial score (nSPS) is 24.9. The maximum absolute atomic E-state index is 13.1. The molecule has 0 radical (unpaired) electrons. The first-order valence-corrected chi connectivity index (χ1v) is 13.7. The Kier molecular flexibility index (Phi) is 7.38. The number of likely N-dealkylation sites (tertiary alicyclic amines) is 1. The quantitative estimate of drug-likeness (QED) is 0.518. The lowest BCUT2D eigenvalue weighted by atomic mass is 9.95. The van der Waals surface area contributed by atoms with Crippen LogP contribution in [0, 0.1) is 13.8 Å². The van der Waals surface area contributed by atoms with Gasteiger partial charge in [0.05, 0.1) is 5.56 Å². The predicted octanol–water partition coefficient (Wildman–Crippen LogP) is 2.55. The lowest BCUT2D eigenvalue weighted by Crippen LogP contribution is -2.51. The first-order valence-electron chi connectivity index (χ1n) is 13.7. The van der Waals surface area contributed by atoms with Crippen LogP contribution in [0.2, 0.25) is 0 Å². The number of primary amides is 1. The largest absolute Gasteiger partial charge is 0.366 e. The van der Waals surface area contributed by atoms with Crippen LogP contribution in [0.25, 0.3) is 0 Å². The number of anilines is 1. The van der Waals surface area contributed by atoms with Crippen molar-refractivity contribution in [2.45, 2.75) is 77.0 Å². The van der Waals surface area contributed by atoms with Gasteiger partial charge >= 0.3 is 0 Å². The molecular formula is C29H38N6O3. The topological polar surface area (TPSA) is 121 Å². The molecule has 1 aromatic heterocycles. The Morgan fingerprint density at radius 2 is 1.61 bits per heavy atom. The molecule has 0 aliphatic carbocycles. The summed E-state index contributed by atoms with van der Waals surface area (Å²) in [4.78, 5) is 46.9. The molecule has 1 aromatic carbocycles. The second-order valence-corrected chi connectivity index (χ2v) is 11.0. The van der Waals surface area contributed by atoms with E-state index in [0.717, 1.165) is 63.1 Å². The number of piperidine rings is 1. The van der Waals surface area contributed by atoms with E-state index in [-0.39, 0.29) is 23.9 Å². The standard InChI is InChI=1S/C29H38N6O3/c1-4-34-10-9-20(16-34)32-28(37)19-5-8-26(31-15-19)35-22-6-7-23(35)14-21(13-22)33-29(38)25-12-17(2)24(27(30)36)11-18(25)3/h5,8,11-12,15,20-23H,4,6-7,9-10,13-14,16H2,1-3H3,(H2,30,36)(H,32,37)(H,33,38)/t20-,21-,22+,23-/m0/s1. The van der Waals surface area contributed by atoms with Gasteiger partial charge in [0.1, 0.15) is 5.82 Å². The maximum atomic E-state index is 13.1. The van der Waals surface area contributed by atoms with Gasteiger partial charge < -0.3 is 26.2 Å². The minimum absolute atomic E-state index is 0.0641. The summed E-state index contributed by atoms with van der Waals surface area (Å²) in [6, 6.07) is 8.14. The number of hydrogen-bond acceptors (Lipinski definition) is 6. The van der Waals surface area contributed by atoms with Crippen molar-refractivity contribution in [2.75, 3.05) is 24.5 Å². The van der Waals surface area contributed by atoms with Crippen LogP contribution in [-0.4, -0.2) is 71.4 Å². The smallest absolute Gasteiger partial charge is 0.253 e. The summed E-state index contributed by atoms with van der Waals surface area (Å²) in [7, 11) is 0. The van der Waals surface area contributed by atoms with Gasteiger partial charge in [0.15, 0.2) is 0 Å². The van der Waals surface area contributed by atoms with Gasteiger partial charge in [-0.3, -0.25) is 14.4 Å². The van der Waals surface area contributed by atoms with Gasteiger partial charge in [0, 0.05) is 54.6 Å². The van der Waals surface area contributed by atoms with Gasteiger partial charge in [-0.15, -0.1) is 0 Å². The van der Waals surface area contributed by atoms with Gasteiger partial charge in [0.25, 0.3) is 11.8 Å². The van der Waals surface area contributed by atoms with E-state index < -0.39 is 5.91 Å². The number of pyridine rings is 1. The van der Waals surface area contributed by atoms with Gasteiger partial charge in [-0.05, 0) is 87.9 Å². The molecule has 0 unspecified atom stereocenters. The molecule has 4 heterocycles. The van der Waals surface area contributed by atoms with Crippen LogP contribution in [-0.2, 0) is 0 Å². The van der Waals surface area contributed by atoms with Crippen molar-refractivity contribution in [1.82, 2.24) is 20.5 Å². The zero-order valence-corrected chi connectivity index (χ0v) is 22.5. The van der Waals surface area contributed by atoms with Crippen molar-refractivity contribution in [3.8, 4) is 0 Å². The number of aromatic nitrogens is 1. The van der Waals surface area contributed by atoms with Crippen LogP contribution >= 0.6 is 0 Å². The Morgan fingerprint density at radius 1 is 0.947 bits per heavy atom. The highest BCUT2D eigenvalue weighted by Crippen LogP contribution is 2.38. The van der Waals surface area contributed by atoms with Gasteiger partial charge in [0.2, 0.25) is 5.91 Å². The number of rotatable bonds is 7. The Morgan fingerprint density at radius 3 is 2.21 bits per heavy atom. The lowest BCUT2D eigenvalue weighted by Gasteiger charge is -2.40. The molecule has 2 bridgehead atoms. The number of carbonyl (C=O) groups is 3. The molecule has 4 atom stereocenters. The van der Waals surface area contributed by atoms with Crippen LogP contribution in [0.4, 0.5) is 5.82 Å². The van der Waals surface area contributed by atoms with E-state index in [0.29, 0.717) is 34.3 Å². The highest BCUT2D eigenvalue weighted by molar-refractivity contribution is 5.99. The fourth-order valence-corrected chi connectivity index (χ4v) is 6.44. The number of nitrogens with zero attached hydrogens (tertiary/aromatic N) is 3. The number of aryl methyl sites for hydroxylation is 2. The second-order valence-electron chi connectivity index (χ2n) is 11.0. The van der Waals surface area contributed by atoms with E-state index in [1.165, 1.54) is 0 Å². The molecule has 202 valence electrons. The Bertz CT molecular complexity index is 1220. The van der Waals surface area contributed by atoms with E-state index in [9.17, 15) is 14.4 Å². The number of fused-ring (bicyclic) bond motifs is 2. The zero-order chi connectivity index (χ0) is 27.0. The van der Waals surface area contributed by atoms with E-state index >= 15 is 0 Å². The van der Waals surface area contributed by atoms with Crippen molar-refractivity contribution in [1.29, 1.82) is 0 Å². The summed E-state index contributed by atoms with van der Waals surface area (Å²) in [5.74, 6) is 0.231.